The molecular weight excluding hydrogens is 424 g/mol. The Morgan fingerprint density at radius 3 is 2.62 bits per heavy atom. The number of aromatic nitrogens is 3. The van der Waals surface area contributed by atoms with E-state index in [1.165, 1.54) is 17.3 Å². The first kappa shape index (κ1) is 22.0. The highest BCUT2D eigenvalue weighted by atomic mass is 32.2. The molecule has 2 aromatic carbocycles. The lowest BCUT2D eigenvalue weighted by molar-refractivity contribution is -0.113. The SMILES string of the molecule is Cn1cnnc1SCC(=O)Nc1ccc(C(=O)N[C@H]2CCN(Cc3ccccc3)C2)cc1. The predicted octanol–water partition coefficient (Wildman–Crippen LogP) is 2.55. The molecule has 0 saturated carbocycles. The van der Waals surface area contributed by atoms with Crippen LogP contribution < -0.4 is 10.6 Å². The first-order valence-electron chi connectivity index (χ1n) is 10.5. The van der Waals surface area contributed by atoms with Crippen molar-refractivity contribution in [3.05, 3.63) is 72.1 Å². The molecule has 1 aromatic heterocycles. The maximum Gasteiger partial charge on any atom is 0.251 e. The number of aryl methyl sites for hydroxylation is 1. The molecule has 9 heteroatoms. The second kappa shape index (κ2) is 10.4. The van der Waals surface area contributed by atoms with Crippen molar-refractivity contribution in [3.8, 4) is 0 Å². The molecule has 1 fully saturated rings. The van der Waals surface area contributed by atoms with Crippen LogP contribution in [0.5, 0.6) is 0 Å². The Balaban J connectivity index is 1.22. The minimum atomic E-state index is -0.139. The Kier molecular flexibility index (Phi) is 7.18. The van der Waals surface area contributed by atoms with Crippen LogP contribution in [0, 0.1) is 0 Å². The van der Waals surface area contributed by atoms with E-state index in [1.54, 1.807) is 35.2 Å². The molecule has 8 nitrogen and oxygen atoms in total. The summed E-state index contributed by atoms with van der Waals surface area (Å²) in [5.74, 6) is 0.00239. The Morgan fingerprint density at radius 2 is 1.91 bits per heavy atom. The standard InChI is InChI=1S/C23H26N6O2S/c1-28-16-24-27-23(28)32-15-21(30)25-19-9-7-18(8-10-19)22(31)26-20-11-12-29(14-20)13-17-5-3-2-4-6-17/h2-10,16,20H,11-15H2,1H3,(H,25,30)(H,26,31)/t20-/m0/s1. The van der Waals surface area contributed by atoms with Crippen LogP contribution in [-0.2, 0) is 18.4 Å². The van der Waals surface area contributed by atoms with Crippen molar-refractivity contribution in [2.24, 2.45) is 7.05 Å². The number of likely N-dealkylation sites (tertiary alicyclic amines) is 1. The molecule has 0 unspecified atom stereocenters. The molecule has 166 valence electrons. The first-order chi connectivity index (χ1) is 15.6. The molecule has 1 atom stereocenters. The van der Waals surface area contributed by atoms with Gasteiger partial charge in [0.2, 0.25) is 5.91 Å². The van der Waals surface area contributed by atoms with Crippen molar-refractivity contribution in [2.45, 2.75) is 24.2 Å². The van der Waals surface area contributed by atoms with Crippen LogP contribution in [0.4, 0.5) is 5.69 Å². The number of hydrogen-bond donors (Lipinski definition) is 2. The zero-order valence-corrected chi connectivity index (χ0v) is 18.7. The minimum absolute atomic E-state index is 0.0905. The Labute approximate surface area is 191 Å². The number of benzene rings is 2. The maximum absolute atomic E-state index is 12.6. The second-order valence-corrected chi connectivity index (χ2v) is 8.76. The normalized spacial score (nSPS) is 16.1. The zero-order valence-electron chi connectivity index (χ0n) is 17.9. The van der Waals surface area contributed by atoms with E-state index in [-0.39, 0.29) is 23.6 Å². The summed E-state index contributed by atoms with van der Waals surface area (Å²) in [6.45, 7) is 2.71. The third-order valence-electron chi connectivity index (χ3n) is 5.29. The van der Waals surface area contributed by atoms with E-state index in [1.807, 2.05) is 25.2 Å². The minimum Gasteiger partial charge on any atom is -0.348 e. The highest BCUT2D eigenvalue weighted by Crippen LogP contribution is 2.16. The summed E-state index contributed by atoms with van der Waals surface area (Å²) in [7, 11) is 1.83. The topological polar surface area (TPSA) is 92.1 Å². The molecule has 1 aliphatic heterocycles. The molecule has 2 amide bonds. The van der Waals surface area contributed by atoms with Crippen molar-refractivity contribution in [1.82, 2.24) is 25.0 Å². The number of carbonyl (C=O) groups is 2. The number of amides is 2. The lowest BCUT2D eigenvalue weighted by atomic mass is 10.1. The van der Waals surface area contributed by atoms with Crippen LogP contribution in [0.3, 0.4) is 0 Å². The van der Waals surface area contributed by atoms with E-state index in [4.69, 9.17) is 0 Å². The van der Waals surface area contributed by atoms with Gasteiger partial charge in [0.05, 0.1) is 5.75 Å². The van der Waals surface area contributed by atoms with Gasteiger partial charge in [-0.3, -0.25) is 14.5 Å². The summed E-state index contributed by atoms with van der Waals surface area (Å²) in [5.41, 5.74) is 2.52. The fourth-order valence-corrected chi connectivity index (χ4v) is 4.33. The van der Waals surface area contributed by atoms with Gasteiger partial charge in [0.25, 0.3) is 5.91 Å². The van der Waals surface area contributed by atoms with Gasteiger partial charge in [-0.15, -0.1) is 10.2 Å². The van der Waals surface area contributed by atoms with Crippen LogP contribution in [0.25, 0.3) is 0 Å². The summed E-state index contributed by atoms with van der Waals surface area (Å²) < 4.78 is 1.76. The number of nitrogens with zero attached hydrogens (tertiary/aromatic N) is 4. The average molecular weight is 451 g/mol. The molecule has 32 heavy (non-hydrogen) atoms. The summed E-state index contributed by atoms with van der Waals surface area (Å²) in [6.07, 6.45) is 2.53. The molecule has 1 saturated heterocycles. The summed E-state index contributed by atoms with van der Waals surface area (Å²) in [5, 5.41) is 14.4. The zero-order chi connectivity index (χ0) is 22.3. The monoisotopic (exact) mass is 450 g/mol. The predicted molar refractivity (Wildman–Crippen MR) is 124 cm³/mol. The van der Waals surface area contributed by atoms with Crippen molar-refractivity contribution in [1.29, 1.82) is 0 Å². The first-order valence-corrected chi connectivity index (χ1v) is 11.5. The van der Waals surface area contributed by atoms with Crippen LogP contribution in [0.15, 0.2) is 66.1 Å². The largest absolute Gasteiger partial charge is 0.348 e. The fourth-order valence-electron chi connectivity index (χ4n) is 3.64. The van der Waals surface area contributed by atoms with Gasteiger partial charge in [0.15, 0.2) is 5.16 Å². The quantitative estimate of drug-likeness (QED) is 0.513. The molecule has 1 aliphatic rings. The maximum atomic E-state index is 12.6. The van der Waals surface area contributed by atoms with Crippen LogP contribution in [-0.4, -0.2) is 56.4 Å². The van der Waals surface area contributed by atoms with Crippen LogP contribution in [0.2, 0.25) is 0 Å². The van der Waals surface area contributed by atoms with Crippen molar-refractivity contribution >= 4 is 29.3 Å². The molecule has 3 aromatic rings. The number of carbonyl (C=O) groups excluding carboxylic acids is 2. The highest BCUT2D eigenvalue weighted by molar-refractivity contribution is 7.99. The van der Waals surface area contributed by atoms with Gasteiger partial charge in [0.1, 0.15) is 6.33 Å². The van der Waals surface area contributed by atoms with Crippen LogP contribution >= 0.6 is 11.8 Å². The molecule has 2 heterocycles. The number of hydrogen-bond acceptors (Lipinski definition) is 6. The van der Waals surface area contributed by atoms with Gasteiger partial charge in [0, 0.05) is 44.0 Å². The van der Waals surface area contributed by atoms with E-state index < -0.39 is 0 Å². The molecular formula is C23H26N6O2S. The van der Waals surface area contributed by atoms with Gasteiger partial charge in [-0.2, -0.15) is 0 Å². The molecule has 0 spiro atoms. The van der Waals surface area contributed by atoms with E-state index in [9.17, 15) is 9.59 Å². The van der Waals surface area contributed by atoms with Crippen LogP contribution in [0.1, 0.15) is 22.3 Å². The third kappa shape index (κ3) is 5.95. The second-order valence-electron chi connectivity index (χ2n) is 7.82. The molecule has 2 N–H and O–H groups in total. The van der Waals surface area contributed by atoms with E-state index in [0.29, 0.717) is 16.4 Å². The van der Waals surface area contributed by atoms with Gasteiger partial charge in [-0.05, 0) is 36.2 Å². The highest BCUT2D eigenvalue weighted by Gasteiger charge is 2.24. The van der Waals surface area contributed by atoms with Crippen molar-refractivity contribution in [3.63, 3.8) is 0 Å². The number of nitrogens with one attached hydrogen (secondary N) is 2. The summed E-state index contributed by atoms with van der Waals surface area (Å²) >= 11 is 1.32. The van der Waals surface area contributed by atoms with Gasteiger partial charge in [-0.1, -0.05) is 42.1 Å². The Bertz CT molecular complexity index is 1050. The number of rotatable bonds is 8. The van der Waals surface area contributed by atoms with Gasteiger partial charge >= 0.3 is 0 Å². The molecule has 0 radical (unpaired) electrons. The Hall–Kier alpha value is -3.17. The van der Waals surface area contributed by atoms with Crippen molar-refractivity contribution in [2.75, 3.05) is 24.2 Å². The lowest BCUT2D eigenvalue weighted by Gasteiger charge is -2.17. The molecule has 0 bridgehead atoms. The number of thioether (sulfide) groups is 1. The smallest absolute Gasteiger partial charge is 0.251 e. The average Bonchev–Trinajstić information content (AvgIpc) is 3.41. The fraction of sp³-hybridized carbons (Fsp3) is 0.304. The van der Waals surface area contributed by atoms with E-state index in [0.717, 1.165) is 26.1 Å². The summed E-state index contributed by atoms with van der Waals surface area (Å²) in [6, 6.07) is 17.5. The van der Waals surface area contributed by atoms with Crippen molar-refractivity contribution < 1.29 is 9.59 Å². The Morgan fingerprint density at radius 1 is 1.12 bits per heavy atom. The van der Waals surface area contributed by atoms with Gasteiger partial charge in [-0.25, -0.2) is 0 Å². The molecule has 4 rings (SSSR count). The van der Waals surface area contributed by atoms with E-state index in [2.05, 4.69) is 37.9 Å². The number of anilines is 1. The third-order valence-corrected chi connectivity index (χ3v) is 6.32. The van der Waals surface area contributed by atoms with E-state index >= 15 is 0 Å². The molecule has 0 aliphatic carbocycles. The van der Waals surface area contributed by atoms with Gasteiger partial charge < -0.3 is 15.2 Å². The summed E-state index contributed by atoms with van der Waals surface area (Å²) in [4.78, 5) is 27.1. The lowest BCUT2D eigenvalue weighted by Crippen LogP contribution is -2.37.